The van der Waals surface area contributed by atoms with Gasteiger partial charge in [-0.1, -0.05) is 15.9 Å². The lowest BCUT2D eigenvalue weighted by atomic mass is 10.1. The molecule has 0 radical (unpaired) electrons. The van der Waals surface area contributed by atoms with E-state index >= 15 is 0 Å². The maximum Gasteiger partial charge on any atom is 0.0484 e. The zero-order valence-electron chi connectivity index (χ0n) is 9.82. The van der Waals surface area contributed by atoms with Crippen molar-refractivity contribution in [3.05, 3.63) is 34.4 Å². The summed E-state index contributed by atoms with van der Waals surface area (Å²) in [7, 11) is 0. The summed E-state index contributed by atoms with van der Waals surface area (Å²) < 4.78 is 3.35. The van der Waals surface area contributed by atoms with Gasteiger partial charge >= 0.3 is 0 Å². The normalized spacial score (nSPS) is 11.2. The van der Waals surface area contributed by atoms with Crippen LogP contribution in [0.5, 0.6) is 0 Å². The zero-order valence-corrected chi connectivity index (χ0v) is 11.4. The van der Waals surface area contributed by atoms with E-state index in [9.17, 15) is 0 Å². The van der Waals surface area contributed by atoms with Gasteiger partial charge in [0.2, 0.25) is 0 Å². The molecule has 0 amide bonds. The van der Waals surface area contributed by atoms with Gasteiger partial charge in [-0.05, 0) is 43.1 Å². The molecule has 92 valence electrons. The van der Waals surface area contributed by atoms with Crippen LogP contribution < -0.4 is 11.5 Å². The molecule has 0 fully saturated rings. The van der Waals surface area contributed by atoms with Gasteiger partial charge in [-0.3, -0.25) is 0 Å². The van der Waals surface area contributed by atoms with E-state index < -0.39 is 0 Å². The predicted octanol–water partition coefficient (Wildman–Crippen LogP) is 2.25. The fraction of sp³-hybridized carbons (Fsp3) is 0.385. The van der Waals surface area contributed by atoms with Crippen molar-refractivity contribution in [2.24, 2.45) is 11.5 Å². The Balaban J connectivity index is 2.46. The van der Waals surface area contributed by atoms with Crippen LogP contribution in [0, 0.1) is 0 Å². The SMILES string of the molecule is NCCCc1cn(CCN)c2ccc(Br)cc12. The number of aromatic nitrogens is 1. The Morgan fingerprint density at radius 1 is 1.18 bits per heavy atom. The molecule has 2 rings (SSSR count). The maximum atomic E-state index is 5.64. The third-order valence-electron chi connectivity index (χ3n) is 2.95. The van der Waals surface area contributed by atoms with E-state index in [2.05, 4.69) is 44.9 Å². The summed E-state index contributed by atoms with van der Waals surface area (Å²) in [6, 6.07) is 6.39. The molecule has 0 aliphatic rings. The Morgan fingerprint density at radius 2 is 2.00 bits per heavy atom. The maximum absolute atomic E-state index is 5.64. The molecule has 0 unspecified atom stereocenters. The molecule has 0 aliphatic carbocycles. The molecule has 0 spiro atoms. The molecule has 0 saturated heterocycles. The monoisotopic (exact) mass is 295 g/mol. The molecule has 0 saturated carbocycles. The first-order valence-electron chi connectivity index (χ1n) is 5.93. The average molecular weight is 296 g/mol. The van der Waals surface area contributed by atoms with Gasteiger partial charge in [-0.2, -0.15) is 0 Å². The predicted molar refractivity (Wildman–Crippen MR) is 76.1 cm³/mol. The summed E-state index contributed by atoms with van der Waals surface area (Å²) in [4.78, 5) is 0. The molecule has 1 aromatic carbocycles. The van der Waals surface area contributed by atoms with Crippen molar-refractivity contribution >= 4 is 26.8 Å². The van der Waals surface area contributed by atoms with Gasteiger partial charge in [-0.25, -0.2) is 0 Å². The Morgan fingerprint density at radius 3 is 2.71 bits per heavy atom. The number of benzene rings is 1. The highest BCUT2D eigenvalue weighted by Gasteiger charge is 2.08. The van der Waals surface area contributed by atoms with E-state index in [4.69, 9.17) is 11.5 Å². The Bertz CT molecular complexity index is 505. The number of nitrogens with two attached hydrogens (primary N) is 2. The molecule has 1 heterocycles. The first-order chi connectivity index (χ1) is 8.26. The molecule has 0 atom stereocenters. The average Bonchev–Trinajstić information content (AvgIpc) is 2.65. The smallest absolute Gasteiger partial charge is 0.0484 e. The van der Waals surface area contributed by atoms with Crippen LogP contribution in [-0.4, -0.2) is 17.7 Å². The quantitative estimate of drug-likeness (QED) is 0.889. The van der Waals surface area contributed by atoms with E-state index in [0.29, 0.717) is 6.54 Å². The number of rotatable bonds is 5. The first-order valence-corrected chi connectivity index (χ1v) is 6.73. The fourth-order valence-electron chi connectivity index (χ4n) is 2.16. The van der Waals surface area contributed by atoms with Gasteiger partial charge in [0.05, 0.1) is 0 Å². The second kappa shape index (κ2) is 5.67. The highest BCUT2D eigenvalue weighted by atomic mass is 79.9. The van der Waals surface area contributed by atoms with Crippen molar-refractivity contribution in [3.8, 4) is 0 Å². The van der Waals surface area contributed by atoms with Crippen LogP contribution in [0.25, 0.3) is 10.9 Å². The standard InChI is InChI=1S/C13H18BrN3/c14-11-3-4-13-12(8-11)10(2-1-5-15)9-17(13)7-6-16/h3-4,8-9H,1-2,5-7,15-16H2. The van der Waals surface area contributed by atoms with E-state index in [1.165, 1.54) is 16.5 Å². The van der Waals surface area contributed by atoms with E-state index in [1.807, 2.05) is 0 Å². The van der Waals surface area contributed by atoms with E-state index in [-0.39, 0.29) is 0 Å². The van der Waals surface area contributed by atoms with Crippen LogP contribution in [0.1, 0.15) is 12.0 Å². The van der Waals surface area contributed by atoms with Crippen molar-refractivity contribution in [2.75, 3.05) is 13.1 Å². The van der Waals surface area contributed by atoms with Gasteiger partial charge in [0, 0.05) is 34.7 Å². The summed E-state index contributed by atoms with van der Waals surface area (Å²) >= 11 is 3.52. The van der Waals surface area contributed by atoms with Crippen LogP contribution >= 0.6 is 15.9 Å². The molecular formula is C13H18BrN3. The van der Waals surface area contributed by atoms with Crippen molar-refractivity contribution in [3.63, 3.8) is 0 Å². The molecule has 0 bridgehead atoms. The van der Waals surface area contributed by atoms with E-state index in [1.54, 1.807) is 0 Å². The fourth-order valence-corrected chi connectivity index (χ4v) is 2.52. The molecule has 3 nitrogen and oxygen atoms in total. The molecule has 4 heteroatoms. The summed E-state index contributed by atoms with van der Waals surface area (Å²) in [6.45, 7) is 2.26. The summed E-state index contributed by atoms with van der Waals surface area (Å²) in [6.07, 6.45) is 4.26. The molecule has 0 aliphatic heterocycles. The van der Waals surface area contributed by atoms with Gasteiger partial charge in [-0.15, -0.1) is 0 Å². The third kappa shape index (κ3) is 2.70. The van der Waals surface area contributed by atoms with Crippen LogP contribution in [0.15, 0.2) is 28.9 Å². The van der Waals surface area contributed by atoms with Crippen molar-refractivity contribution in [1.29, 1.82) is 0 Å². The zero-order chi connectivity index (χ0) is 12.3. The molecular weight excluding hydrogens is 278 g/mol. The van der Waals surface area contributed by atoms with Crippen LogP contribution in [0.3, 0.4) is 0 Å². The third-order valence-corrected chi connectivity index (χ3v) is 3.44. The number of hydrogen-bond acceptors (Lipinski definition) is 2. The van der Waals surface area contributed by atoms with Gasteiger partial charge < -0.3 is 16.0 Å². The van der Waals surface area contributed by atoms with Gasteiger partial charge in [0.1, 0.15) is 0 Å². The lowest BCUT2D eigenvalue weighted by Gasteiger charge is -2.02. The van der Waals surface area contributed by atoms with Crippen LogP contribution in [-0.2, 0) is 13.0 Å². The molecule has 2 aromatic rings. The van der Waals surface area contributed by atoms with Gasteiger partial charge in [0.25, 0.3) is 0 Å². The van der Waals surface area contributed by atoms with Crippen LogP contribution in [0.4, 0.5) is 0 Å². The minimum Gasteiger partial charge on any atom is -0.346 e. The highest BCUT2D eigenvalue weighted by Crippen LogP contribution is 2.26. The molecule has 4 N–H and O–H groups in total. The minimum atomic E-state index is 0.663. The van der Waals surface area contributed by atoms with Crippen molar-refractivity contribution in [1.82, 2.24) is 4.57 Å². The number of fused-ring (bicyclic) bond motifs is 1. The Hall–Kier alpha value is -0.840. The lowest BCUT2D eigenvalue weighted by molar-refractivity contribution is 0.729. The largest absolute Gasteiger partial charge is 0.346 e. The molecule has 1 aromatic heterocycles. The number of nitrogens with zero attached hydrogens (tertiary/aromatic N) is 1. The summed E-state index contributed by atoms with van der Waals surface area (Å²) in [5.41, 5.74) is 13.8. The second-order valence-corrected chi connectivity index (χ2v) is 5.11. The number of hydrogen-bond donors (Lipinski definition) is 2. The lowest BCUT2D eigenvalue weighted by Crippen LogP contribution is -2.08. The minimum absolute atomic E-state index is 0.663. The number of halogens is 1. The summed E-state index contributed by atoms with van der Waals surface area (Å²) in [5, 5.41) is 1.31. The first kappa shape index (κ1) is 12.6. The van der Waals surface area contributed by atoms with E-state index in [0.717, 1.165) is 30.4 Å². The van der Waals surface area contributed by atoms with Gasteiger partial charge in [0.15, 0.2) is 0 Å². The Labute approximate surface area is 110 Å². The van der Waals surface area contributed by atoms with Crippen molar-refractivity contribution < 1.29 is 0 Å². The van der Waals surface area contributed by atoms with Crippen LogP contribution in [0.2, 0.25) is 0 Å². The highest BCUT2D eigenvalue weighted by molar-refractivity contribution is 9.10. The number of aryl methyl sites for hydroxylation is 1. The van der Waals surface area contributed by atoms with Crippen molar-refractivity contribution in [2.45, 2.75) is 19.4 Å². The second-order valence-electron chi connectivity index (χ2n) is 4.19. The molecule has 17 heavy (non-hydrogen) atoms. The topological polar surface area (TPSA) is 57.0 Å². The Kier molecular flexibility index (Phi) is 4.20. The summed E-state index contributed by atoms with van der Waals surface area (Å²) in [5.74, 6) is 0.